The van der Waals surface area contributed by atoms with Gasteiger partial charge in [0.25, 0.3) is 0 Å². The summed E-state index contributed by atoms with van der Waals surface area (Å²) in [6, 6.07) is 0.550. The molecule has 1 aliphatic carbocycles. The molecule has 0 aromatic rings. The van der Waals surface area contributed by atoms with E-state index >= 15 is 0 Å². The van der Waals surface area contributed by atoms with Gasteiger partial charge in [-0.1, -0.05) is 25.7 Å². The van der Waals surface area contributed by atoms with E-state index in [0.29, 0.717) is 11.5 Å². The molecule has 3 heteroatoms. The number of hydrogen-bond acceptors (Lipinski definition) is 2. The van der Waals surface area contributed by atoms with Crippen molar-refractivity contribution in [1.82, 2.24) is 10.2 Å². The highest BCUT2D eigenvalue weighted by Gasteiger charge is 2.40. The van der Waals surface area contributed by atoms with Crippen LogP contribution in [-0.2, 0) is 4.79 Å². The molecule has 21 heavy (non-hydrogen) atoms. The maximum absolute atomic E-state index is 11.3. The molecule has 2 fully saturated rings. The van der Waals surface area contributed by atoms with Crippen LogP contribution in [0.5, 0.6) is 0 Å². The lowest BCUT2D eigenvalue weighted by atomic mass is 9.80. The molecule has 2 aliphatic rings. The third-order valence-electron chi connectivity index (χ3n) is 5.58. The van der Waals surface area contributed by atoms with E-state index in [1.807, 2.05) is 0 Å². The van der Waals surface area contributed by atoms with Crippen LogP contribution in [0.4, 0.5) is 0 Å². The van der Waals surface area contributed by atoms with Crippen LogP contribution in [0, 0.1) is 5.41 Å². The molecule has 1 saturated heterocycles. The summed E-state index contributed by atoms with van der Waals surface area (Å²) in [6.45, 7) is 10.8. The van der Waals surface area contributed by atoms with Crippen molar-refractivity contribution in [2.24, 2.45) is 5.41 Å². The van der Waals surface area contributed by atoms with Gasteiger partial charge >= 0.3 is 0 Å². The van der Waals surface area contributed by atoms with Crippen LogP contribution in [0.2, 0.25) is 0 Å². The Morgan fingerprint density at radius 2 is 1.81 bits per heavy atom. The Labute approximate surface area is 130 Å². The maximum Gasteiger partial charge on any atom is 0.217 e. The summed E-state index contributed by atoms with van der Waals surface area (Å²) < 4.78 is 0. The molecule has 1 heterocycles. The van der Waals surface area contributed by atoms with Crippen molar-refractivity contribution < 1.29 is 4.79 Å². The van der Waals surface area contributed by atoms with E-state index in [9.17, 15) is 4.79 Å². The SMILES string of the molecule is CC(=O)NC(C)(C)C[C@H](C)N1CCC2(CCCCCC2)C1. The Hall–Kier alpha value is -0.570. The molecular formula is C18H34N2O. The summed E-state index contributed by atoms with van der Waals surface area (Å²) in [5.41, 5.74) is 0.507. The first kappa shape index (κ1) is 16.8. The zero-order chi connectivity index (χ0) is 15.5. The standard InChI is InChI=1S/C18H34N2O/c1-15(13-17(3,4)19-16(2)21)20-12-11-18(14-20)9-7-5-6-8-10-18/h15H,5-14H2,1-4H3,(H,19,21)/t15-/m0/s1. The van der Waals surface area contributed by atoms with Gasteiger partial charge in [0.1, 0.15) is 0 Å². The lowest BCUT2D eigenvalue weighted by Crippen LogP contribution is -2.47. The number of carbonyl (C=O) groups excluding carboxylic acids is 1. The first-order valence-electron chi connectivity index (χ1n) is 8.85. The van der Waals surface area contributed by atoms with Gasteiger partial charge in [0.05, 0.1) is 0 Å². The van der Waals surface area contributed by atoms with Crippen molar-refractivity contribution in [2.75, 3.05) is 13.1 Å². The summed E-state index contributed by atoms with van der Waals surface area (Å²) in [7, 11) is 0. The minimum Gasteiger partial charge on any atom is -0.351 e. The van der Waals surface area contributed by atoms with E-state index in [0.717, 1.165) is 6.42 Å². The number of rotatable bonds is 4. The van der Waals surface area contributed by atoms with E-state index < -0.39 is 0 Å². The molecule has 1 atom stereocenters. The Morgan fingerprint density at radius 3 is 2.38 bits per heavy atom. The van der Waals surface area contributed by atoms with E-state index in [-0.39, 0.29) is 11.4 Å². The average Bonchev–Trinajstić information content (AvgIpc) is 2.61. The van der Waals surface area contributed by atoms with Crippen LogP contribution in [-0.4, -0.2) is 35.5 Å². The number of amides is 1. The number of nitrogens with one attached hydrogen (secondary N) is 1. The topological polar surface area (TPSA) is 32.3 Å². The molecular weight excluding hydrogens is 260 g/mol. The quantitative estimate of drug-likeness (QED) is 0.857. The molecule has 1 N–H and O–H groups in total. The fraction of sp³-hybridized carbons (Fsp3) is 0.944. The highest BCUT2D eigenvalue weighted by atomic mass is 16.1. The number of nitrogens with zero attached hydrogens (tertiary/aromatic N) is 1. The lowest BCUT2D eigenvalue weighted by Gasteiger charge is -2.35. The molecule has 0 radical (unpaired) electrons. The third kappa shape index (κ3) is 4.70. The molecule has 0 aromatic heterocycles. The van der Waals surface area contributed by atoms with Crippen molar-refractivity contribution in [3.8, 4) is 0 Å². The second-order valence-corrected chi connectivity index (χ2v) is 8.25. The number of carbonyl (C=O) groups is 1. The van der Waals surface area contributed by atoms with Crippen LogP contribution in [0.15, 0.2) is 0 Å². The Morgan fingerprint density at radius 1 is 1.19 bits per heavy atom. The Balaban J connectivity index is 1.89. The van der Waals surface area contributed by atoms with Gasteiger partial charge in [0.2, 0.25) is 5.91 Å². The smallest absolute Gasteiger partial charge is 0.217 e. The van der Waals surface area contributed by atoms with E-state index in [1.54, 1.807) is 6.92 Å². The van der Waals surface area contributed by atoms with Gasteiger partial charge in [-0.2, -0.15) is 0 Å². The summed E-state index contributed by atoms with van der Waals surface area (Å²) in [5, 5.41) is 3.09. The first-order chi connectivity index (χ1) is 9.82. The minimum absolute atomic E-state index is 0.0776. The second kappa shape index (κ2) is 6.68. The van der Waals surface area contributed by atoms with Crippen molar-refractivity contribution >= 4 is 5.91 Å². The Kier molecular flexibility index (Phi) is 5.34. The highest BCUT2D eigenvalue weighted by molar-refractivity contribution is 5.73. The monoisotopic (exact) mass is 294 g/mol. The second-order valence-electron chi connectivity index (χ2n) is 8.25. The van der Waals surface area contributed by atoms with Gasteiger partial charge in [0.15, 0.2) is 0 Å². The molecule has 1 aliphatic heterocycles. The summed E-state index contributed by atoms with van der Waals surface area (Å²) in [4.78, 5) is 14.0. The van der Waals surface area contributed by atoms with E-state index in [1.165, 1.54) is 58.0 Å². The molecule has 1 amide bonds. The van der Waals surface area contributed by atoms with Crippen molar-refractivity contribution in [2.45, 2.75) is 90.6 Å². The molecule has 1 spiro atoms. The van der Waals surface area contributed by atoms with Crippen molar-refractivity contribution in [1.29, 1.82) is 0 Å². The molecule has 0 aromatic carbocycles. The van der Waals surface area contributed by atoms with Crippen LogP contribution < -0.4 is 5.32 Å². The Bertz CT molecular complexity index is 356. The fourth-order valence-electron chi connectivity index (χ4n) is 4.63. The van der Waals surface area contributed by atoms with Crippen LogP contribution >= 0.6 is 0 Å². The fourth-order valence-corrected chi connectivity index (χ4v) is 4.63. The van der Waals surface area contributed by atoms with E-state index in [2.05, 4.69) is 31.0 Å². The van der Waals surface area contributed by atoms with Crippen LogP contribution in [0.25, 0.3) is 0 Å². The summed E-state index contributed by atoms with van der Waals surface area (Å²) in [5.74, 6) is 0.0776. The minimum atomic E-state index is -0.107. The summed E-state index contributed by atoms with van der Waals surface area (Å²) in [6.07, 6.45) is 11.0. The van der Waals surface area contributed by atoms with Gasteiger partial charge in [-0.25, -0.2) is 0 Å². The molecule has 3 nitrogen and oxygen atoms in total. The van der Waals surface area contributed by atoms with Crippen LogP contribution in [0.1, 0.15) is 79.1 Å². The lowest BCUT2D eigenvalue weighted by molar-refractivity contribution is -0.120. The zero-order valence-electron chi connectivity index (χ0n) is 14.5. The van der Waals surface area contributed by atoms with E-state index in [4.69, 9.17) is 0 Å². The first-order valence-corrected chi connectivity index (χ1v) is 8.85. The zero-order valence-corrected chi connectivity index (χ0v) is 14.5. The molecule has 0 bridgehead atoms. The predicted molar refractivity (Wildman–Crippen MR) is 88.3 cm³/mol. The van der Waals surface area contributed by atoms with Gasteiger partial charge in [-0.3, -0.25) is 4.79 Å². The molecule has 2 rings (SSSR count). The summed E-state index contributed by atoms with van der Waals surface area (Å²) >= 11 is 0. The normalized spacial score (nSPS) is 24.8. The van der Waals surface area contributed by atoms with Crippen molar-refractivity contribution in [3.63, 3.8) is 0 Å². The van der Waals surface area contributed by atoms with Gasteiger partial charge in [0, 0.05) is 25.0 Å². The molecule has 0 unspecified atom stereocenters. The van der Waals surface area contributed by atoms with Gasteiger partial charge in [-0.15, -0.1) is 0 Å². The highest BCUT2D eigenvalue weighted by Crippen LogP contribution is 2.43. The maximum atomic E-state index is 11.3. The number of hydrogen-bond donors (Lipinski definition) is 1. The molecule has 1 saturated carbocycles. The van der Waals surface area contributed by atoms with Gasteiger partial charge in [-0.05, 0) is 58.4 Å². The average molecular weight is 294 g/mol. The van der Waals surface area contributed by atoms with Crippen LogP contribution in [0.3, 0.4) is 0 Å². The predicted octanol–water partition coefficient (Wildman–Crippen LogP) is 3.73. The van der Waals surface area contributed by atoms with Crippen molar-refractivity contribution in [3.05, 3.63) is 0 Å². The van der Waals surface area contributed by atoms with Gasteiger partial charge < -0.3 is 10.2 Å². The number of likely N-dealkylation sites (tertiary alicyclic amines) is 1. The third-order valence-corrected chi connectivity index (χ3v) is 5.58. The largest absolute Gasteiger partial charge is 0.351 e. The molecule has 122 valence electrons.